The fourth-order valence-electron chi connectivity index (χ4n) is 2.70. The van der Waals surface area contributed by atoms with E-state index in [2.05, 4.69) is 64.9 Å². The molecule has 0 unspecified atom stereocenters. The van der Waals surface area contributed by atoms with Gasteiger partial charge in [-0.25, -0.2) is 4.68 Å². The van der Waals surface area contributed by atoms with Gasteiger partial charge in [-0.15, -0.1) is 5.10 Å². The lowest BCUT2D eigenvalue weighted by atomic mass is 10.1. The second-order valence-electron chi connectivity index (χ2n) is 5.32. The summed E-state index contributed by atoms with van der Waals surface area (Å²) in [6, 6.07) is 25.1. The summed E-state index contributed by atoms with van der Waals surface area (Å²) in [6.07, 6.45) is 1.83. The highest BCUT2D eigenvalue weighted by molar-refractivity contribution is 5.86. The van der Waals surface area contributed by atoms with Gasteiger partial charge in [0.15, 0.2) is 0 Å². The highest BCUT2D eigenvalue weighted by atomic mass is 15.4. The Balaban J connectivity index is 1.74. The van der Waals surface area contributed by atoms with Crippen LogP contribution in [0, 0.1) is 0 Å². The van der Waals surface area contributed by atoms with Crippen molar-refractivity contribution in [3.05, 3.63) is 84.6 Å². The van der Waals surface area contributed by atoms with Crippen molar-refractivity contribution >= 4 is 10.8 Å². The standard InChI is InChI=1S/C19H15N3/c1-2-6-15(7-3-1)14-22-19(13-20-21-22)18-11-10-16-8-4-5-9-17(16)12-18/h1-13H,14H2. The van der Waals surface area contributed by atoms with Crippen molar-refractivity contribution in [1.29, 1.82) is 0 Å². The van der Waals surface area contributed by atoms with E-state index < -0.39 is 0 Å². The van der Waals surface area contributed by atoms with Crippen LogP contribution in [0.1, 0.15) is 5.56 Å². The summed E-state index contributed by atoms with van der Waals surface area (Å²) in [5, 5.41) is 10.8. The van der Waals surface area contributed by atoms with Crippen LogP contribution < -0.4 is 0 Å². The van der Waals surface area contributed by atoms with Crippen molar-refractivity contribution in [3.8, 4) is 11.3 Å². The minimum absolute atomic E-state index is 0.725. The molecule has 0 bridgehead atoms. The topological polar surface area (TPSA) is 30.7 Å². The van der Waals surface area contributed by atoms with Crippen molar-refractivity contribution < 1.29 is 0 Å². The third-order valence-corrected chi connectivity index (χ3v) is 3.84. The first-order valence-electron chi connectivity index (χ1n) is 7.32. The highest BCUT2D eigenvalue weighted by Crippen LogP contribution is 2.24. The second kappa shape index (κ2) is 5.45. The highest BCUT2D eigenvalue weighted by Gasteiger charge is 2.08. The van der Waals surface area contributed by atoms with E-state index in [0.29, 0.717) is 0 Å². The molecule has 0 aliphatic carbocycles. The summed E-state index contributed by atoms with van der Waals surface area (Å²) in [4.78, 5) is 0. The molecule has 1 aromatic heterocycles. The van der Waals surface area contributed by atoms with Gasteiger partial charge >= 0.3 is 0 Å². The van der Waals surface area contributed by atoms with Crippen molar-refractivity contribution in [3.63, 3.8) is 0 Å². The molecule has 1 heterocycles. The molecule has 0 radical (unpaired) electrons. The number of aromatic nitrogens is 3. The van der Waals surface area contributed by atoms with E-state index in [1.807, 2.05) is 29.1 Å². The molecule has 4 rings (SSSR count). The number of nitrogens with zero attached hydrogens (tertiary/aromatic N) is 3. The lowest BCUT2D eigenvalue weighted by Gasteiger charge is -2.07. The smallest absolute Gasteiger partial charge is 0.0889 e. The van der Waals surface area contributed by atoms with Gasteiger partial charge in [-0.3, -0.25) is 0 Å². The first kappa shape index (κ1) is 12.8. The zero-order valence-corrected chi connectivity index (χ0v) is 12.1. The fraction of sp³-hybridized carbons (Fsp3) is 0.0526. The Labute approximate surface area is 128 Å². The fourth-order valence-corrected chi connectivity index (χ4v) is 2.70. The number of hydrogen-bond acceptors (Lipinski definition) is 2. The summed E-state index contributed by atoms with van der Waals surface area (Å²) in [6.45, 7) is 0.725. The summed E-state index contributed by atoms with van der Waals surface area (Å²) >= 11 is 0. The summed E-state index contributed by atoms with van der Waals surface area (Å²) in [7, 11) is 0. The van der Waals surface area contributed by atoms with Crippen LogP contribution in [0.2, 0.25) is 0 Å². The van der Waals surface area contributed by atoms with E-state index in [0.717, 1.165) is 17.8 Å². The van der Waals surface area contributed by atoms with Crippen LogP contribution >= 0.6 is 0 Å². The predicted octanol–water partition coefficient (Wildman–Crippen LogP) is 4.15. The largest absolute Gasteiger partial charge is 0.240 e. The molecular weight excluding hydrogens is 270 g/mol. The second-order valence-corrected chi connectivity index (χ2v) is 5.32. The minimum atomic E-state index is 0.725. The summed E-state index contributed by atoms with van der Waals surface area (Å²) in [5.41, 5.74) is 3.39. The third-order valence-electron chi connectivity index (χ3n) is 3.84. The first-order valence-corrected chi connectivity index (χ1v) is 7.32. The van der Waals surface area contributed by atoms with Crippen LogP contribution in [0.4, 0.5) is 0 Å². The molecular formula is C19H15N3. The SMILES string of the molecule is c1ccc(Cn2nncc2-c2ccc3ccccc3c2)cc1. The summed E-state index contributed by atoms with van der Waals surface area (Å²) in [5.74, 6) is 0. The molecule has 0 saturated heterocycles. The van der Waals surface area contributed by atoms with Gasteiger partial charge in [0, 0.05) is 5.56 Å². The lowest BCUT2D eigenvalue weighted by molar-refractivity contribution is 0.655. The normalized spacial score (nSPS) is 10.9. The Morgan fingerprint density at radius 2 is 1.55 bits per heavy atom. The van der Waals surface area contributed by atoms with Crippen LogP contribution in [0.25, 0.3) is 22.0 Å². The van der Waals surface area contributed by atoms with Crippen LogP contribution in [0.15, 0.2) is 79.0 Å². The van der Waals surface area contributed by atoms with Gasteiger partial charge < -0.3 is 0 Å². The third kappa shape index (κ3) is 2.37. The van der Waals surface area contributed by atoms with Gasteiger partial charge in [-0.1, -0.05) is 71.9 Å². The molecule has 3 heteroatoms. The Kier molecular flexibility index (Phi) is 3.16. The van der Waals surface area contributed by atoms with E-state index in [1.165, 1.54) is 16.3 Å². The Bertz CT molecular complexity index is 910. The maximum absolute atomic E-state index is 4.23. The number of benzene rings is 3. The van der Waals surface area contributed by atoms with Crippen LogP contribution in [0.3, 0.4) is 0 Å². The zero-order chi connectivity index (χ0) is 14.8. The number of fused-ring (bicyclic) bond motifs is 1. The van der Waals surface area contributed by atoms with E-state index >= 15 is 0 Å². The van der Waals surface area contributed by atoms with Gasteiger partial charge in [-0.2, -0.15) is 0 Å². The molecule has 0 atom stereocenters. The van der Waals surface area contributed by atoms with E-state index in [4.69, 9.17) is 0 Å². The monoisotopic (exact) mass is 285 g/mol. The van der Waals surface area contributed by atoms with Crippen LogP contribution in [-0.2, 0) is 6.54 Å². The van der Waals surface area contributed by atoms with E-state index in [-0.39, 0.29) is 0 Å². The molecule has 4 aromatic rings. The predicted molar refractivity (Wildman–Crippen MR) is 88.5 cm³/mol. The maximum atomic E-state index is 4.23. The molecule has 106 valence electrons. The van der Waals surface area contributed by atoms with E-state index in [9.17, 15) is 0 Å². The number of hydrogen-bond donors (Lipinski definition) is 0. The Morgan fingerprint density at radius 1 is 0.773 bits per heavy atom. The molecule has 22 heavy (non-hydrogen) atoms. The van der Waals surface area contributed by atoms with Crippen LogP contribution in [-0.4, -0.2) is 15.0 Å². The van der Waals surface area contributed by atoms with Crippen molar-refractivity contribution in [2.24, 2.45) is 0 Å². The van der Waals surface area contributed by atoms with Crippen LogP contribution in [0.5, 0.6) is 0 Å². The summed E-state index contributed by atoms with van der Waals surface area (Å²) < 4.78 is 1.94. The molecule has 3 nitrogen and oxygen atoms in total. The van der Waals surface area contributed by atoms with E-state index in [1.54, 1.807) is 0 Å². The maximum Gasteiger partial charge on any atom is 0.0889 e. The zero-order valence-electron chi connectivity index (χ0n) is 12.1. The molecule has 0 saturated carbocycles. The average Bonchev–Trinajstić information content (AvgIpc) is 3.03. The van der Waals surface area contributed by atoms with Crippen molar-refractivity contribution in [1.82, 2.24) is 15.0 Å². The van der Waals surface area contributed by atoms with Crippen molar-refractivity contribution in [2.45, 2.75) is 6.54 Å². The van der Waals surface area contributed by atoms with Gasteiger partial charge in [0.2, 0.25) is 0 Å². The van der Waals surface area contributed by atoms with Gasteiger partial charge in [0.25, 0.3) is 0 Å². The Hall–Kier alpha value is -2.94. The molecule has 0 aliphatic rings. The molecule has 0 spiro atoms. The lowest BCUT2D eigenvalue weighted by Crippen LogP contribution is -2.03. The van der Waals surface area contributed by atoms with Gasteiger partial charge in [0.05, 0.1) is 18.4 Å². The first-order chi connectivity index (χ1) is 10.9. The molecule has 0 aliphatic heterocycles. The van der Waals surface area contributed by atoms with Gasteiger partial charge in [-0.05, 0) is 22.4 Å². The van der Waals surface area contributed by atoms with Crippen molar-refractivity contribution in [2.75, 3.05) is 0 Å². The Morgan fingerprint density at radius 3 is 2.41 bits per heavy atom. The quantitative estimate of drug-likeness (QED) is 0.566. The number of rotatable bonds is 3. The average molecular weight is 285 g/mol. The molecule has 3 aromatic carbocycles. The molecule has 0 amide bonds. The van der Waals surface area contributed by atoms with Gasteiger partial charge in [0.1, 0.15) is 0 Å². The molecule has 0 N–H and O–H groups in total. The minimum Gasteiger partial charge on any atom is -0.240 e. The molecule has 0 fully saturated rings.